The Morgan fingerprint density at radius 3 is 2.14 bits per heavy atom. The van der Waals surface area contributed by atoms with Gasteiger partial charge in [-0.3, -0.25) is 19.5 Å². The van der Waals surface area contributed by atoms with E-state index in [0.717, 1.165) is 44.3 Å². The van der Waals surface area contributed by atoms with Crippen LogP contribution in [0.25, 0.3) is 0 Å². The first kappa shape index (κ1) is 36.4. The minimum absolute atomic E-state index is 0.142. The molecule has 2 saturated carbocycles. The van der Waals surface area contributed by atoms with Gasteiger partial charge < -0.3 is 24.2 Å². The van der Waals surface area contributed by atoms with Crippen molar-refractivity contribution in [2.45, 2.75) is 63.0 Å². The van der Waals surface area contributed by atoms with Crippen molar-refractivity contribution < 1.29 is 33.7 Å². The van der Waals surface area contributed by atoms with Crippen molar-refractivity contribution in [3.05, 3.63) is 74.9 Å². The lowest BCUT2D eigenvalue weighted by molar-refractivity contribution is -0.143. The second kappa shape index (κ2) is 15.8. The Bertz CT molecular complexity index is 1640. The van der Waals surface area contributed by atoms with Crippen molar-refractivity contribution in [1.82, 2.24) is 9.80 Å². The van der Waals surface area contributed by atoms with E-state index >= 15 is 0 Å². The fraction of sp³-hybridized carbons (Fsp3) is 0.526. The molecule has 0 spiro atoms. The molecular weight excluding hydrogens is 681 g/mol. The van der Waals surface area contributed by atoms with Crippen LogP contribution in [0.4, 0.5) is 0 Å². The smallest absolute Gasteiger partial charge is 0.336 e. The summed E-state index contributed by atoms with van der Waals surface area (Å²) in [5, 5.41) is 10.6. The zero-order chi connectivity index (χ0) is 35.5. The van der Waals surface area contributed by atoms with E-state index in [1.165, 1.54) is 14.2 Å². The molecule has 2 aliphatic carbocycles. The Hall–Kier alpha value is -3.44. The zero-order valence-electron chi connectivity index (χ0n) is 28.8. The molecule has 0 bridgehead atoms. The molecule has 0 aromatic heterocycles. The van der Waals surface area contributed by atoms with Crippen LogP contribution in [0, 0.1) is 17.8 Å². The standard InChI is InChI=1S/C38H45Cl2N3O7/c1-48-31-10-5-4-7-22(31)11-12-29-34(37(46)49-2)36(33-27(39)8-6-9-28(33)40)35(38(47)50-3)30(41-29)21-32(45)43-15-13-42(14-16-43)25-17-23-19-26(44)20-24(23)18-25/h4-10,23-26,35-36,44H,11-21H2,1-3H3. The fourth-order valence-corrected chi connectivity index (χ4v) is 9.30. The molecule has 1 N–H and O–H groups in total. The second-order valence-electron chi connectivity index (χ2n) is 13.7. The lowest BCUT2D eigenvalue weighted by Crippen LogP contribution is -2.52. The predicted molar refractivity (Wildman–Crippen MR) is 191 cm³/mol. The van der Waals surface area contributed by atoms with Gasteiger partial charge in [0.2, 0.25) is 5.91 Å². The van der Waals surface area contributed by atoms with E-state index in [4.69, 9.17) is 42.4 Å². The van der Waals surface area contributed by atoms with Crippen LogP contribution in [0.2, 0.25) is 10.0 Å². The molecule has 2 aliphatic heterocycles. The van der Waals surface area contributed by atoms with Gasteiger partial charge in [0.1, 0.15) is 11.7 Å². The average molecular weight is 727 g/mol. The molecular formula is C38H45Cl2N3O7. The van der Waals surface area contributed by atoms with Crippen LogP contribution in [0.1, 0.15) is 55.6 Å². The number of aryl methyl sites for hydroxylation is 1. The average Bonchev–Trinajstić information content (AvgIpc) is 3.67. The molecule has 1 amide bonds. The van der Waals surface area contributed by atoms with Gasteiger partial charge in [-0.15, -0.1) is 0 Å². The number of aliphatic imine (C=N–C) groups is 1. The Labute approximate surface area is 303 Å². The number of methoxy groups -OCH3 is 3. The maximum absolute atomic E-state index is 14.0. The number of hydrogen-bond acceptors (Lipinski definition) is 9. The number of esters is 2. The van der Waals surface area contributed by atoms with Gasteiger partial charge in [-0.1, -0.05) is 47.5 Å². The molecule has 4 unspecified atom stereocenters. The van der Waals surface area contributed by atoms with E-state index in [2.05, 4.69) is 4.90 Å². The number of carbonyl (C=O) groups is 3. The molecule has 12 heteroatoms. The van der Waals surface area contributed by atoms with Crippen LogP contribution in [0.3, 0.4) is 0 Å². The number of allylic oxidation sites excluding steroid dienone is 1. The van der Waals surface area contributed by atoms with Crippen LogP contribution in [0.5, 0.6) is 5.75 Å². The number of benzene rings is 2. The van der Waals surface area contributed by atoms with Gasteiger partial charge >= 0.3 is 11.9 Å². The first-order valence-electron chi connectivity index (χ1n) is 17.4. The molecule has 4 aliphatic rings. The summed E-state index contributed by atoms with van der Waals surface area (Å²) in [6, 6.07) is 13.1. The van der Waals surface area contributed by atoms with Crippen LogP contribution >= 0.6 is 23.2 Å². The molecule has 1 saturated heterocycles. The van der Waals surface area contributed by atoms with Gasteiger partial charge in [0, 0.05) is 53.9 Å². The summed E-state index contributed by atoms with van der Waals surface area (Å²) in [5.74, 6) is -1.78. The Balaban J connectivity index is 1.31. The highest BCUT2D eigenvalue weighted by Gasteiger charge is 2.47. The topological polar surface area (TPSA) is 118 Å². The number of ether oxygens (including phenoxy) is 3. The Morgan fingerprint density at radius 2 is 1.52 bits per heavy atom. The normalized spacial score (nSPS) is 26.8. The quantitative estimate of drug-likeness (QED) is 0.321. The third-order valence-corrected chi connectivity index (χ3v) is 11.7. The van der Waals surface area contributed by atoms with Crippen LogP contribution in [-0.2, 0) is 30.3 Å². The first-order chi connectivity index (χ1) is 24.1. The highest BCUT2D eigenvalue weighted by atomic mass is 35.5. The van der Waals surface area contributed by atoms with E-state index in [-0.39, 0.29) is 46.2 Å². The van der Waals surface area contributed by atoms with Crippen molar-refractivity contribution >= 4 is 46.8 Å². The van der Waals surface area contributed by atoms with Crippen molar-refractivity contribution in [3.8, 4) is 5.75 Å². The van der Waals surface area contributed by atoms with E-state index < -0.39 is 23.8 Å². The third-order valence-electron chi connectivity index (χ3n) is 11.1. The second-order valence-corrected chi connectivity index (χ2v) is 14.6. The largest absolute Gasteiger partial charge is 0.496 e. The Kier molecular flexibility index (Phi) is 11.5. The number of fused-ring (bicyclic) bond motifs is 1. The van der Waals surface area contributed by atoms with Gasteiger partial charge in [-0.25, -0.2) is 4.79 Å². The predicted octanol–water partition coefficient (Wildman–Crippen LogP) is 5.47. The van der Waals surface area contributed by atoms with Crippen molar-refractivity contribution in [3.63, 3.8) is 0 Å². The zero-order valence-corrected chi connectivity index (χ0v) is 30.3. The van der Waals surface area contributed by atoms with Gasteiger partial charge in [-0.05, 0) is 79.7 Å². The maximum atomic E-state index is 14.0. The molecule has 3 fully saturated rings. The number of piperazine rings is 1. The molecule has 268 valence electrons. The van der Waals surface area contributed by atoms with Gasteiger partial charge in [0.25, 0.3) is 0 Å². The minimum atomic E-state index is -1.15. The van der Waals surface area contributed by atoms with Gasteiger partial charge in [0.05, 0.1) is 45.1 Å². The number of rotatable bonds is 10. The maximum Gasteiger partial charge on any atom is 0.336 e. The van der Waals surface area contributed by atoms with E-state index in [9.17, 15) is 19.5 Å². The lowest BCUT2D eigenvalue weighted by atomic mass is 9.73. The molecule has 50 heavy (non-hydrogen) atoms. The number of para-hydroxylation sites is 1. The van der Waals surface area contributed by atoms with Gasteiger partial charge in [-0.2, -0.15) is 0 Å². The third kappa shape index (κ3) is 7.45. The van der Waals surface area contributed by atoms with Crippen molar-refractivity contribution in [1.29, 1.82) is 0 Å². The number of aliphatic hydroxyl groups excluding tert-OH is 1. The van der Waals surface area contributed by atoms with Crippen LogP contribution < -0.4 is 4.74 Å². The summed E-state index contributed by atoms with van der Waals surface area (Å²) in [4.78, 5) is 50.7. The van der Waals surface area contributed by atoms with Crippen molar-refractivity contribution in [2.24, 2.45) is 22.7 Å². The monoisotopic (exact) mass is 725 g/mol. The number of carbonyl (C=O) groups excluding carboxylic acids is 3. The first-order valence-corrected chi connectivity index (χ1v) is 18.1. The summed E-state index contributed by atoms with van der Waals surface area (Å²) in [7, 11) is 4.14. The minimum Gasteiger partial charge on any atom is -0.496 e. The number of amides is 1. The molecule has 2 aromatic rings. The van der Waals surface area contributed by atoms with E-state index in [0.29, 0.717) is 54.4 Å². The molecule has 2 aromatic carbocycles. The highest BCUT2D eigenvalue weighted by molar-refractivity contribution is 6.36. The summed E-state index contributed by atoms with van der Waals surface area (Å²) in [5.41, 5.74) is 2.08. The fourth-order valence-electron chi connectivity index (χ4n) is 8.67. The molecule has 10 nitrogen and oxygen atoms in total. The molecule has 4 atom stereocenters. The summed E-state index contributed by atoms with van der Waals surface area (Å²) in [6.07, 6.45) is 4.45. The highest BCUT2D eigenvalue weighted by Crippen LogP contribution is 2.48. The van der Waals surface area contributed by atoms with E-state index in [1.807, 2.05) is 29.2 Å². The number of nitrogens with zero attached hydrogens (tertiary/aromatic N) is 3. The van der Waals surface area contributed by atoms with E-state index in [1.54, 1.807) is 25.3 Å². The molecule has 2 heterocycles. The number of hydrogen-bond donors (Lipinski definition) is 1. The molecule has 0 radical (unpaired) electrons. The van der Waals surface area contributed by atoms with Crippen molar-refractivity contribution in [2.75, 3.05) is 47.5 Å². The SMILES string of the molecule is COC(=O)C1=C(CCc2ccccc2OC)N=C(CC(=O)N2CCN(C3CC4CC(O)CC4C3)CC2)C(C(=O)OC)C1c1c(Cl)cccc1Cl. The Morgan fingerprint density at radius 1 is 0.860 bits per heavy atom. The summed E-state index contributed by atoms with van der Waals surface area (Å²) < 4.78 is 16.1. The summed E-state index contributed by atoms with van der Waals surface area (Å²) in [6.45, 7) is 2.65. The number of halogens is 2. The molecule has 6 rings (SSSR count). The lowest BCUT2D eigenvalue weighted by Gasteiger charge is -2.39. The number of aliphatic hydroxyl groups is 1. The van der Waals surface area contributed by atoms with Gasteiger partial charge in [0.15, 0.2) is 0 Å². The summed E-state index contributed by atoms with van der Waals surface area (Å²) >= 11 is 13.5. The van der Waals surface area contributed by atoms with Crippen LogP contribution in [0.15, 0.2) is 58.7 Å². The van der Waals surface area contributed by atoms with Crippen LogP contribution in [-0.4, -0.2) is 98.1 Å².